The van der Waals surface area contributed by atoms with Crippen LogP contribution in [0.4, 0.5) is 5.13 Å². The Balaban J connectivity index is 2.59. The van der Waals surface area contributed by atoms with Crippen molar-refractivity contribution in [2.75, 3.05) is 5.32 Å². The first-order chi connectivity index (χ1) is 6.61. The maximum absolute atomic E-state index is 10.9. The van der Waals surface area contributed by atoms with Crippen molar-refractivity contribution in [3.63, 3.8) is 0 Å². The van der Waals surface area contributed by atoms with Crippen LogP contribution in [0.15, 0.2) is 0 Å². The van der Waals surface area contributed by atoms with Gasteiger partial charge in [0.05, 0.1) is 6.42 Å². The van der Waals surface area contributed by atoms with Crippen LogP contribution in [-0.2, 0) is 16.0 Å². The van der Waals surface area contributed by atoms with E-state index in [1.165, 1.54) is 0 Å². The third-order valence-corrected chi connectivity index (χ3v) is 2.18. The van der Waals surface area contributed by atoms with Crippen LogP contribution in [0.5, 0.6) is 0 Å². The number of carboxylic acid groups (broad SMARTS) is 1. The molecule has 0 atom stereocenters. The highest BCUT2D eigenvalue weighted by Crippen LogP contribution is 2.15. The first-order valence-corrected chi connectivity index (χ1v) is 4.77. The molecule has 0 saturated carbocycles. The molecule has 0 radical (unpaired) electrons. The SMILES string of the molecule is CCC(=O)Nc1nnc(CC(=O)O)s1. The van der Waals surface area contributed by atoms with Gasteiger partial charge in [-0.05, 0) is 0 Å². The molecule has 1 aromatic rings. The van der Waals surface area contributed by atoms with Gasteiger partial charge < -0.3 is 10.4 Å². The Hall–Kier alpha value is -1.50. The second kappa shape index (κ2) is 4.66. The van der Waals surface area contributed by atoms with Crippen molar-refractivity contribution >= 4 is 28.3 Å². The lowest BCUT2D eigenvalue weighted by Crippen LogP contribution is -2.08. The van der Waals surface area contributed by atoms with Crippen LogP contribution in [-0.4, -0.2) is 27.2 Å². The topological polar surface area (TPSA) is 92.2 Å². The Bertz CT molecular complexity index is 350. The zero-order chi connectivity index (χ0) is 10.6. The molecule has 0 aliphatic rings. The van der Waals surface area contributed by atoms with Crippen LogP contribution in [0.2, 0.25) is 0 Å². The molecule has 0 bridgehead atoms. The van der Waals surface area contributed by atoms with Crippen LogP contribution < -0.4 is 5.32 Å². The molecule has 1 aromatic heterocycles. The summed E-state index contributed by atoms with van der Waals surface area (Å²) < 4.78 is 0. The zero-order valence-corrected chi connectivity index (χ0v) is 8.30. The van der Waals surface area contributed by atoms with Crippen LogP contribution in [0.3, 0.4) is 0 Å². The second-order valence-electron chi connectivity index (χ2n) is 2.47. The summed E-state index contributed by atoms with van der Waals surface area (Å²) in [7, 11) is 0. The summed E-state index contributed by atoms with van der Waals surface area (Å²) in [6.45, 7) is 1.72. The van der Waals surface area contributed by atoms with Crippen LogP contribution >= 0.6 is 11.3 Å². The summed E-state index contributed by atoms with van der Waals surface area (Å²) in [4.78, 5) is 21.2. The number of aliphatic carboxylic acids is 1. The Kier molecular flexibility index (Phi) is 3.52. The molecule has 1 rings (SSSR count). The lowest BCUT2D eigenvalue weighted by molar-refractivity contribution is -0.136. The fourth-order valence-corrected chi connectivity index (χ4v) is 1.46. The third kappa shape index (κ3) is 3.09. The summed E-state index contributed by atoms with van der Waals surface area (Å²) in [6.07, 6.45) is 0.188. The van der Waals surface area contributed by atoms with Crippen LogP contribution in [0, 0.1) is 0 Å². The number of carbonyl (C=O) groups is 2. The molecular formula is C7H9N3O3S. The molecule has 0 aliphatic heterocycles. The fraction of sp³-hybridized carbons (Fsp3) is 0.429. The minimum absolute atomic E-state index is 0.164. The first kappa shape index (κ1) is 10.6. The zero-order valence-electron chi connectivity index (χ0n) is 7.48. The predicted octanol–water partition coefficient (Wildman–Crippen LogP) is 0.514. The molecule has 76 valence electrons. The van der Waals surface area contributed by atoms with E-state index in [0.29, 0.717) is 16.6 Å². The summed E-state index contributed by atoms with van der Waals surface area (Å²) in [5, 5.41) is 18.9. The van der Waals surface area contributed by atoms with Gasteiger partial charge in [0.2, 0.25) is 11.0 Å². The number of rotatable bonds is 4. The quantitative estimate of drug-likeness (QED) is 0.763. The summed E-state index contributed by atoms with van der Waals surface area (Å²) >= 11 is 1.07. The van der Waals surface area contributed by atoms with Gasteiger partial charge in [0.1, 0.15) is 5.01 Å². The number of anilines is 1. The van der Waals surface area contributed by atoms with Crippen LogP contribution in [0.1, 0.15) is 18.4 Å². The highest BCUT2D eigenvalue weighted by molar-refractivity contribution is 7.15. The molecule has 0 unspecified atom stereocenters. The van der Waals surface area contributed by atoms with Crippen molar-refractivity contribution in [1.29, 1.82) is 0 Å². The van der Waals surface area contributed by atoms with Gasteiger partial charge in [0, 0.05) is 6.42 Å². The number of nitrogens with zero attached hydrogens (tertiary/aromatic N) is 2. The average Bonchev–Trinajstić information content (AvgIpc) is 2.51. The Labute approximate surface area is 84.0 Å². The standard InChI is InChI=1S/C7H9N3O3S/c1-2-4(11)8-7-10-9-5(14-7)3-6(12)13/h2-3H2,1H3,(H,12,13)(H,8,10,11). The van der Waals surface area contributed by atoms with Crippen molar-refractivity contribution < 1.29 is 14.7 Å². The lowest BCUT2D eigenvalue weighted by atomic mass is 10.5. The number of amides is 1. The van der Waals surface area contributed by atoms with Crippen molar-refractivity contribution in [1.82, 2.24) is 10.2 Å². The molecule has 0 aromatic carbocycles. The molecular weight excluding hydrogens is 206 g/mol. The summed E-state index contributed by atoms with van der Waals surface area (Å²) in [5.41, 5.74) is 0. The molecule has 2 N–H and O–H groups in total. The summed E-state index contributed by atoms with van der Waals surface area (Å²) in [5.74, 6) is -1.13. The largest absolute Gasteiger partial charge is 0.481 e. The van der Waals surface area contributed by atoms with E-state index in [0.717, 1.165) is 11.3 Å². The van der Waals surface area contributed by atoms with E-state index < -0.39 is 5.97 Å². The number of carboxylic acids is 1. The van der Waals surface area contributed by atoms with Gasteiger partial charge in [-0.25, -0.2) is 0 Å². The predicted molar refractivity (Wildman–Crippen MR) is 50.2 cm³/mol. The summed E-state index contributed by atoms with van der Waals surface area (Å²) in [6, 6.07) is 0. The van der Waals surface area contributed by atoms with Crippen molar-refractivity contribution in [2.24, 2.45) is 0 Å². The number of aromatic nitrogens is 2. The molecule has 7 heteroatoms. The van der Waals surface area contributed by atoms with Gasteiger partial charge in [-0.15, -0.1) is 10.2 Å². The molecule has 14 heavy (non-hydrogen) atoms. The maximum Gasteiger partial charge on any atom is 0.310 e. The highest BCUT2D eigenvalue weighted by Gasteiger charge is 2.09. The lowest BCUT2D eigenvalue weighted by Gasteiger charge is -1.94. The normalized spacial score (nSPS) is 9.79. The molecule has 1 heterocycles. The Morgan fingerprint density at radius 3 is 2.79 bits per heavy atom. The average molecular weight is 215 g/mol. The van der Waals surface area contributed by atoms with E-state index in [9.17, 15) is 9.59 Å². The second-order valence-corrected chi connectivity index (χ2v) is 3.54. The van der Waals surface area contributed by atoms with E-state index in [-0.39, 0.29) is 12.3 Å². The molecule has 0 saturated heterocycles. The van der Waals surface area contributed by atoms with Crippen molar-refractivity contribution in [2.45, 2.75) is 19.8 Å². The Morgan fingerprint density at radius 1 is 1.50 bits per heavy atom. The minimum Gasteiger partial charge on any atom is -0.481 e. The molecule has 0 aliphatic carbocycles. The number of hydrogen-bond acceptors (Lipinski definition) is 5. The smallest absolute Gasteiger partial charge is 0.310 e. The van der Waals surface area contributed by atoms with E-state index >= 15 is 0 Å². The number of hydrogen-bond donors (Lipinski definition) is 2. The van der Waals surface area contributed by atoms with Gasteiger partial charge in [-0.3, -0.25) is 9.59 Å². The van der Waals surface area contributed by atoms with Crippen molar-refractivity contribution in [3.05, 3.63) is 5.01 Å². The van der Waals surface area contributed by atoms with Gasteiger partial charge in [0.25, 0.3) is 0 Å². The number of nitrogens with one attached hydrogen (secondary N) is 1. The fourth-order valence-electron chi connectivity index (χ4n) is 0.713. The molecule has 0 fully saturated rings. The first-order valence-electron chi connectivity index (χ1n) is 3.96. The van der Waals surface area contributed by atoms with Gasteiger partial charge in [0.15, 0.2) is 0 Å². The Morgan fingerprint density at radius 2 is 2.21 bits per heavy atom. The maximum atomic E-state index is 10.9. The van der Waals surface area contributed by atoms with E-state index in [4.69, 9.17) is 5.11 Å². The van der Waals surface area contributed by atoms with Gasteiger partial charge in [-0.1, -0.05) is 18.3 Å². The number of carbonyl (C=O) groups excluding carboxylic acids is 1. The van der Waals surface area contributed by atoms with Gasteiger partial charge >= 0.3 is 5.97 Å². The van der Waals surface area contributed by atoms with E-state index in [1.807, 2.05) is 0 Å². The van der Waals surface area contributed by atoms with E-state index in [1.54, 1.807) is 6.92 Å². The minimum atomic E-state index is -0.963. The monoisotopic (exact) mass is 215 g/mol. The third-order valence-electron chi connectivity index (χ3n) is 1.34. The molecule has 6 nitrogen and oxygen atoms in total. The highest BCUT2D eigenvalue weighted by atomic mass is 32.1. The van der Waals surface area contributed by atoms with Crippen molar-refractivity contribution in [3.8, 4) is 0 Å². The van der Waals surface area contributed by atoms with Gasteiger partial charge in [-0.2, -0.15) is 0 Å². The van der Waals surface area contributed by atoms with Crippen LogP contribution in [0.25, 0.3) is 0 Å². The van der Waals surface area contributed by atoms with E-state index in [2.05, 4.69) is 15.5 Å². The molecule has 1 amide bonds. The molecule has 0 spiro atoms.